The van der Waals surface area contributed by atoms with Gasteiger partial charge in [0.2, 0.25) is 0 Å². The van der Waals surface area contributed by atoms with Crippen LogP contribution >= 0.6 is 0 Å². The summed E-state index contributed by atoms with van der Waals surface area (Å²) in [6.45, 7) is 6.57. The summed E-state index contributed by atoms with van der Waals surface area (Å²) in [5.74, 6) is -0.154. The second-order valence-corrected chi connectivity index (χ2v) is 9.63. The van der Waals surface area contributed by atoms with Crippen LogP contribution < -0.4 is 4.74 Å². The number of hydrogen-bond acceptors (Lipinski definition) is 3. The number of aromatic nitrogens is 2. The highest BCUT2D eigenvalue weighted by Crippen LogP contribution is 2.55. The number of aryl methyl sites for hydroxylation is 1. The van der Waals surface area contributed by atoms with Crippen molar-refractivity contribution < 1.29 is 14.2 Å². The third kappa shape index (κ3) is 3.78. The van der Waals surface area contributed by atoms with Crippen molar-refractivity contribution in [2.45, 2.75) is 52.6 Å². The second-order valence-electron chi connectivity index (χ2n) is 9.63. The first-order valence-corrected chi connectivity index (χ1v) is 11.9. The van der Waals surface area contributed by atoms with E-state index in [0.29, 0.717) is 12.2 Å². The Morgan fingerprint density at radius 1 is 1.24 bits per heavy atom. The van der Waals surface area contributed by atoms with E-state index < -0.39 is 11.9 Å². The number of allylic oxidation sites excluding steroid dienone is 1. The molecule has 0 radical (unpaired) electrons. The van der Waals surface area contributed by atoms with Gasteiger partial charge >= 0.3 is 0 Å². The fourth-order valence-electron chi connectivity index (χ4n) is 5.68. The largest absolute Gasteiger partial charge is 0.491 e. The molecule has 3 unspecified atom stereocenters. The molecule has 0 saturated heterocycles. The number of aliphatic hydroxyl groups excluding tert-OH is 1. The number of nitrogens with zero attached hydrogens (tertiary/aromatic N) is 2. The zero-order valence-corrected chi connectivity index (χ0v) is 19.5. The van der Waals surface area contributed by atoms with Crippen molar-refractivity contribution in [3.63, 3.8) is 0 Å². The van der Waals surface area contributed by atoms with Crippen molar-refractivity contribution in [3.8, 4) is 11.4 Å². The first-order valence-electron chi connectivity index (χ1n) is 11.9. The molecule has 2 aliphatic rings. The van der Waals surface area contributed by atoms with E-state index in [1.54, 1.807) is 12.1 Å². The molecule has 172 valence electrons. The number of hydrogen-bond donors (Lipinski definition) is 1. The van der Waals surface area contributed by atoms with Crippen LogP contribution in [-0.4, -0.2) is 21.5 Å². The minimum absolute atomic E-state index is 0.0355. The molecule has 5 rings (SSSR count). The van der Waals surface area contributed by atoms with E-state index in [1.165, 1.54) is 22.8 Å². The van der Waals surface area contributed by atoms with Gasteiger partial charge in [-0.25, -0.2) is 9.07 Å². The Bertz CT molecular complexity index is 1200. The van der Waals surface area contributed by atoms with Crippen LogP contribution in [0.1, 0.15) is 61.6 Å². The van der Waals surface area contributed by atoms with Gasteiger partial charge in [0.1, 0.15) is 0 Å². The molecule has 4 nitrogen and oxygen atoms in total. The molecular weight excluding hydrogens is 415 g/mol. The first kappa shape index (κ1) is 21.9. The van der Waals surface area contributed by atoms with Gasteiger partial charge in [0.25, 0.3) is 0 Å². The summed E-state index contributed by atoms with van der Waals surface area (Å²) in [6, 6.07) is 13.2. The Morgan fingerprint density at radius 3 is 2.79 bits per heavy atom. The molecule has 5 heteroatoms. The third-order valence-corrected chi connectivity index (χ3v) is 7.52. The molecule has 3 atom stereocenters. The summed E-state index contributed by atoms with van der Waals surface area (Å²) >= 11 is 0. The lowest BCUT2D eigenvalue weighted by Gasteiger charge is -2.47. The monoisotopic (exact) mass is 446 g/mol. The summed E-state index contributed by atoms with van der Waals surface area (Å²) < 4.78 is 21.6. The zero-order valence-electron chi connectivity index (χ0n) is 19.5. The third-order valence-electron chi connectivity index (χ3n) is 7.52. The minimum Gasteiger partial charge on any atom is -0.491 e. The highest BCUT2D eigenvalue weighted by molar-refractivity contribution is 5.61. The van der Waals surface area contributed by atoms with E-state index in [1.807, 2.05) is 17.8 Å². The van der Waals surface area contributed by atoms with Gasteiger partial charge in [0.15, 0.2) is 11.6 Å². The number of ether oxygens (including phenoxy) is 1. The van der Waals surface area contributed by atoms with Crippen molar-refractivity contribution in [3.05, 3.63) is 82.4 Å². The van der Waals surface area contributed by atoms with Crippen LogP contribution in [0.4, 0.5) is 4.39 Å². The van der Waals surface area contributed by atoms with Crippen LogP contribution in [0.15, 0.2) is 54.2 Å². The van der Waals surface area contributed by atoms with Crippen molar-refractivity contribution in [2.24, 2.45) is 11.3 Å². The molecule has 1 N–H and O–H groups in total. The molecule has 33 heavy (non-hydrogen) atoms. The van der Waals surface area contributed by atoms with Crippen molar-refractivity contribution >= 4 is 6.08 Å². The average molecular weight is 447 g/mol. The molecule has 1 aromatic heterocycles. The molecule has 2 aromatic carbocycles. The molecule has 3 aromatic rings. The fraction of sp³-hybridized carbons (Fsp3) is 0.393. The predicted octanol–water partition coefficient (Wildman–Crippen LogP) is 6.20. The van der Waals surface area contributed by atoms with E-state index >= 15 is 0 Å². The van der Waals surface area contributed by atoms with Crippen LogP contribution in [0.5, 0.6) is 5.75 Å². The Balaban J connectivity index is 1.49. The normalized spacial score (nSPS) is 22.8. The Labute approximate surface area is 194 Å². The van der Waals surface area contributed by atoms with Crippen molar-refractivity contribution in [1.82, 2.24) is 9.78 Å². The lowest BCUT2D eigenvalue weighted by atomic mass is 9.57. The number of aliphatic hydroxyl groups is 1. The van der Waals surface area contributed by atoms with Crippen LogP contribution in [-0.2, 0) is 6.42 Å². The molecule has 2 aliphatic carbocycles. The van der Waals surface area contributed by atoms with Crippen LogP contribution in [0.25, 0.3) is 11.8 Å². The quantitative estimate of drug-likeness (QED) is 0.508. The summed E-state index contributed by atoms with van der Waals surface area (Å²) in [5.41, 5.74) is 6.54. The predicted molar refractivity (Wildman–Crippen MR) is 128 cm³/mol. The number of halogens is 1. The van der Waals surface area contributed by atoms with Crippen molar-refractivity contribution in [2.75, 3.05) is 6.61 Å². The van der Waals surface area contributed by atoms with Gasteiger partial charge in [0.05, 0.1) is 30.3 Å². The lowest BCUT2D eigenvalue weighted by molar-refractivity contribution is 0.0215. The van der Waals surface area contributed by atoms with Gasteiger partial charge in [-0.1, -0.05) is 36.3 Å². The molecule has 0 bridgehead atoms. The van der Waals surface area contributed by atoms with Crippen LogP contribution in [0, 0.1) is 24.1 Å². The van der Waals surface area contributed by atoms with Gasteiger partial charge in [0, 0.05) is 0 Å². The van der Waals surface area contributed by atoms with E-state index in [0.717, 1.165) is 37.1 Å². The summed E-state index contributed by atoms with van der Waals surface area (Å²) in [5, 5.41) is 16.2. The Hall–Kier alpha value is -2.92. The number of rotatable bonds is 5. The van der Waals surface area contributed by atoms with Gasteiger partial charge in [-0.2, -0.15) is 5.10 Å². The average Bonchev–Trinajstić information content (AvgIpc) is 3.20. The number of benzene rings is 2. The molecule has 1 saturated carbocycles. The Morgan fingerprint density at radius 2 is 2.03 bits per heavy atom. The lowest BCUT2D eigenvalue weighted by Crippen LogP contribution is -2.40. The first-order chi connectivity index (χ1) is 15.9. The van der Waals surface area contributed by atoms with Gasteiger partial charge < -0.3 is 9.84 Å². The smallest absolute Gasteiger partial charge is 0.165 e. The highest BCUT2D eigenvalue weighted by Gasteiger charge is 2.46. The van der Waals surface area contributed by atoms with Gasteiger partial charge in [-0.05, 0) is 92.3 Å². The summed E-state index contributed by atoms with van der Waals surface area (Å²) in [4.78, 5) is 0. The molecule has 0 aliphatic heterocycles. The fourth-order valence-corrected chi connectivity index (χ4v) is 5.68. The maximum atomic E-state index is 14.1. The summed E-state index contributed by atoms with van der Waals surface area (Å²) in [7, 11) is 0. The maximum Gasteiger partial charge on any atom is 0.165 e. The zero-order chi connectivity index (χ0) is 23.2. The SMILES string of the molecule is CCOc1cc(C(O)C2CCCC3=Cc4c(cnn4-c4ccc(C)cc4)CC32C)ccc1F. The van der Waals surface area contributed by atoms with Crippen LogP contribution in [0.3, 0.4) is 0 Å². The highest BCUT2D eigenvalue weighted by atomic mass is 19.1. The van der Waals surface area contributed by atoms with E-state index in [-0.39, 0.29) is 17.1 Å². The topological polar surface area (TPSA) is 47.3 Å². The standard InChI is InChI=1S/C28H31FN2O2/c1-4-33-26-14-19(10-13-24(26)29)27(32)23-7-5-6-21-15-25-20(16-28(21,23)3)17-30-31(25)22-11-8-18(2)9-12-22/h8-15,17,23,27,32H,4-7,16H2,1-3H3. The van der Waals surface area contributed by atoms with Crippen LogP contribution in [0.2, 0.25) is 0 Å². The molecule has 1 fully saturated rings. The second kappa shape index (κ2) is 8.45. The van der Waals surface area contributed by atoms with Gasteiger partial charge in [-0.15, -0.1) is 0 Å². The van der Waals surface area contributed by atoms with E-state index in [2.05, 4.69) is 44.2 Å². The van der Waals surface area contributed by atoms with Gasteiger partial charge in [-0.3, -0.25) is 0 Å². The molecular formula is C28H31FN2O2. The molecule has 0 spiro atoms. The maximum absolute atomic E-state index is 14.1. The number of fused-ring (bicyclic) bond motifs is 2. The van der Waals surface area contributed by atoms with Crippen molar-refractivity contribution in [1.29, 1.82) is 0 Å². The van der Waals surface area contributed by atoms with E-state index in [9.17, 15) is 9.50 Å². The summed E-state index contributed by atoms with van der Waals surface area (Å²) in [6.07, 6.45) is 7.38. The Kier molecular flexibility index (Phi) is 5.61. The molecule has 0 amide bonds. The van der Waals surface area contributed by atoms with E-state index in [4.69, 9.17) is 9.84 Å². The molecule has 1 heterocycles. The minimum atomic E-state index is -0.688.